The highest BCUT2D eigenvalue weighted by atomic mass is 32.1. The van der Waals surface area contributed by atoms with E-state index in [1.165, 1.54) is 17.5 Å². The van der Waals surface area contributed by atoms with Crippen LogP contribution in [0.5, 0.6) is 0 Å². The maximum absolute atomic E-state index is 12.8. The van der Waals surface area contributed by atoms with Gasteiger partial charge in [0.25, 0.3) is 5.91 Å². The molecule has 5 rings (SSSR count). The topological polar surface area (TPSA) is 124 Å². The summed E-state index contributed by atoms with van der Waals surface area (Å²) in [6, 6.07) is 5.28. The zero-order valence-corrected chi connectivity index (χ0v) is 19.2. The lowest BCUT2D eigenvalue weighted by atomic mass is 10.2. The molecule has 0 bridgehead atoms. The van der Waals surface area contributed by atoms with Gasteiger partial charge in [-0.25, -0.2) is 4.98 Å². The Labute approximate surface area is 195 Å². The molecule has 0 unspecified atom stereocenters. The lowest BCUT2D eigenvalue weighted by Crippen LogP contribution is -2.36. The largest absolute Gasteiger partial charge is 0.397 e. The number of thiophene rings is 2. The van der Waals surface area contributed by atoms with Crippen LogP contribution in [0.4, 0.5) is 22.1 Å². The number of primary amides is 1. The number of aromatic nitrogens is 1. The van der Waals surface area contributed by atoms with Crippen molar-refractivity contribution in [1.29, 1.82) is 0 Å². The van der Waals surface area contributed by atoms with E-state index < -0.39 is 5.91 Å². The van der Waals surface area contributed by atoms with Crippen molar-refractivity contribution in [1.82, 2.24) is 4.98 Å². The van der Waals surface area contributed by atoms with Crippen LogP contribution in [0.15, 0.2) is 40.0 Å². The summed E-state index contributed by atoms with van der Waals surface area (Å²) in [4.78, 5) is 31.9. The molecule has 4 aromatic rings. The van der Waals surface area contributed by atoms with Gasteiger partial charge in [0, 0.05) is 30.1 Å². The van der Waals surface area contributed by atoms with E-state index in [4.69, 9.17) is 16.2 Å². The van der Waals surface area contributed by atoms with E-state index in [9.17, 15) is 9.59 Å². The smallest absolute Gasteiger partial charge is 0.269 e. The van der Waals surface area contributed by atoms with E-state index in [1.807, 2.05) is 16.8 Å². The zero-order chi connectivity index (χ0) is 22.2. The van der Waals surface area contributed by atoms with Crippen molar-refractivity contribution in [3.8, 4) is 10.4 Å². The Morgan fingerprint density at radius 1 is 1.16 bits per heavy atom. The first-order chi connectivity index (χ1) is 15.5. The lowest BCUT2D eigenvalue weighted by molar-refractivity contribution is 0.0996. The van der Waals surface area contributed by atoms with Crippen LogP contribution >= 0.6 is 34.0 Å². The Kier molecular flexibility index (Phi) is 5.55. The number of hydrogen-bond acceptors (Lipinski definition) is 10. The quantitative estimate of drug-likeness (QED) is 0.394. The van der Waals surface area contributed by atoms with Crippen molar-refractivity contribution >= 4 is 71.4 Å². The van der Waals surface area contributed by atoms with Crippen LogP contribution in [-0.2, 0) is 4.74 Å². The van der Waals surface area contributed by atoms with Gasteiger partial charge in [-0.1, -0.05) is 0 Å². The van der Waals surface area contributed by atoms with Crippen molar-refractivity contribution in [3.05, 3.63) is 51.1 Å². The van der Waals surface area contributed by atoms with E-state index in [0.717, 1.165) is 43.6 Å². The van der Waals surface area contributed by atoms with Gasteiger partial charge in [0.15, 0.2) is 11.1 Å². The SMILES string of the molecule is NC(=O)c1ncc(N)cc1Nc1ccsc1-c1csc2c(=O)cc(N3CCOCC3)sc12. The molecule has 0 aliphatic carbocycles. The molecule has 8 nitrogen and oxygen atoms in total. The minimum atomic E-state index is -0.640. The van der Waals surface area contributed by atoms with Gasteiger partial charge >= 0.3 is 0 Å². The molecule has 1 aliphatic heterocycles. The summed E-state index contributed by atoms with van der Waals surface area (Å²) >= 11 is 4.62. The summed E-state index contributed by atoms with van der Waals surface area (Å²) in [5.74, 6) is -0.640. The number of nitrogen functional groups attached to an aromatic ring is 1. The summed E-state index contributed by atoms with van der Waals surface area (Å²) in [5, 5.41) is 8.18. The average molecular weight is 486 g/mol. The molecule has 0 radical (unpaired) electrons. The molecule has 5 heterocycles. The van der Waals surface area contributed by atoms with Gasteiger partial charge in [-0.3, -0.25) is 9.59 Å². The maximum Gasteiger partial charge on any atom is 0.269 e. The molecule has 5 N–H and O–H groups in total. The number of nitrogens with one attached hydrogen (secondary N) is 1. The Morgan fingerprint density at radius 3 is 2.75 bits per heavy atom. The molecule has 32 heavy (non-hydrogen) atoms. The summed E-state index contributed by atoms with van der Waals surface area (Å²) in [6.45, 7) is 2.85. The molecule has 0 aromatic carbocycles. The number of hydrogen-bond donors (Lipinski definition) is 3. The van der Waals surface area contributed by atoms with E-state index >= 15 is 0 Å². The van der Waals surface area contributed by atoms with Crippen LogP contribution in [0.25, 0.3) is 19.8 Å². The van der Waals surface area contributed by atoms with Crippen LogP contribution in [0, 0.1) is 0 Å². The molecule has 1 fully saturated rings. The highest BCUT2D eigenvalue weighted by molar-refractivity contribution is 7.29. The normalized spacial score (nSPS) is 14.1. The second-order valence-electron chi connectivity index (χ2n) is 7.17. The molecule has 1 aliphatic rings. The summed E-state index contributed by atoms with van der Waals surface area (Å²) in [5.41, 5.74) is 14.1. The number of nitrogens with zero attached hydrogens (tertiary/aromatic N) is 2. The Morgan fingerprint density at radius 2 is 1.97 bits per heavy atom. The van der Waals surface area contributed by atoms with Gasteiger partial charge < -0.3 is 26.4 Å². The predicted molar refractivity (Wildman–Crippen MR) is 133 cm³/mol. The van der Waals surface area contributed by atoms with Crippen LogP contribution in [0.1, 0.15) is 10.5 Å². The number of ether oxygens (including phenoxy) is 1. The molecule has 1 amide bonds. The fourth-order valence-electron chi connectivity index (χ4n) is 3.56. The number of morpholine rings is 1. The van der Waals surface area contributed by atoms with Crippen molar-refractivity contribution < 1.29 is 9.53 Å². The van der Waals surface area contributed by atoms with Gasteiger partial charge in [-0.2, -0.15) is 0 Å². The van der Waals surface area contributed by atoms with E-state index in [-0.39, 0.29) is 11.1 Å². The van der Waals surface area contributed by atoms with E-state index in [1.54, 1.807) is 34.8 Å². The van der Waals surface area contributed by atoms with Crippen LogP contribution in [0.3, 0.4) is 0 Å². The highest BCUT2D eigenvalue weighted by Gasteiger charge is 2.20. The molecule has 4 aromatic heterocycles. The summed E-state index contributed by atoms with van der Waals surface area (Å²) in [6.07, 6.45) is 1.40. The fourth-order valence-corrected chi connectivity index (χ4v) is 6.93. The van der Waals surface area contributed by atoms with Crippen molar-refractivity contribution in [2.24, 2.45) is 5.73 Å². The first-order valence-corrected chi connectivity index (χ1v) is 12.4. The van der Waals surface area contributed by atoms with Crippen LogP contribution in [0.2, 0.25) is 0 Å². The highest BCUT2D eigenvalue weighted by Crippen LogP contribution is 2.44. The molecule has 164 valence electrons. The standard InChI is InChI=1S/C21H19N5O3S3/c22-11-7-14(17(21(23)28)24-9-11)25-13-1-6-30-18(13)12-10-31-20-15(27)8-16(32-19(12)20)26-2-4-29-5-3-26/h1,6-10,25H,2-5,22H2,(H2,23,28). The van der Waals surface area contributed by atoms with Crippen molar-refractivity contribution in [2.45, 2.75) is 0 Å². The first-order valence-electron chi connectivity index (χ1n) is 9.79. The summed E-state index contributed by atoms with van der Waals surface area (Å²) in [7, 11) is 0. The third kappa shape index (κ3) is 3.84. The number of nitrogens with two attached hydrogens (primary N) is 2. The number of amides is 1. The zero-order valence-electron chi connectivity index (χ0n) is 16.8. The summed E-state index contributed by atoms with van der Waals surface area (Å²) < 4.78 is 7.14. The number of pyridine rings is 1. The van der Waals surface area contributed by atoms with Gasteiger partial charge in [-0.15, -0.1) is 34.0 Å². The minimum absolute atomic E-state index is 0.0265. The van der Waals surface area contributed by atoms with E-state index in [0.29, 0.717) is 24.6 Å². The second kappa shape index (κ2) is 8.51. The maximum atomic E-state index is 12.8. The molecule has 0 spiro atoms. The van der Waals surface area contributed by atoms with Gasteiger partial charge in [0.1, 0.15) is 0 Å². The molecule has 0 saturated carbocycles. The lowest BCUT2D eigenvalue weighted by Gasteiger charge is -2.28. The Balaban J connectivity index is 1.57. The van der Waals surface area contributed by atoms with Crippen molar-refractivity contribution in [3.63, 3.8) is 0 Å². The fraction of sp³-hybridized carbons (Fsp3) is 0.190. The van der Waals surface area contributed by atoms with Crippen LogP contribution in [-0.4, -0.2) is 37.2 Å². The number of fused-ring (bicyclic) bond motifs is 1. The Bertz CT molecular complexity index is 1370. The molecule has 1 saturated heterocycles. The van der Waals surface area contributed by atoms with Gasteiger partial charge in [-0.05, 0) is 17.5 Å². The predicted octanol–water partition coefficient (Wildman–Crippen LogP) is 3.71. The second-order valence-corrected chi connectivity index (χ2v) is 10.00. The molecule has 0 atom stereocenters. The van der Waals surface area contributed by atoms with Crippen molar-refractivity contribution in [2.75, 3.05) is 42.3 Å². The molecular weight excluding hydrogens is 466 g/mol. The monoisotopic (exact) mass is 485 g/mol. The minimum Gasteiger partial charge on any atom is -0.397 e. The number of rotatable bonds is 5. The number of carbonyl (C=O) groups is 1. The van der Waals surface area contributed by atoms with Gasteiger partial charge in [0.2, 0.25) is 0 Å². The first kappa shape index (κ1) is 20.9. The molecular formula is C21H19N5O3S3. The Hall–Kier alpha value is -2.99. The van der Waals surface area contributed by atoms with Crippen LogP contribution < -0.4 is 27.1 Å². The third-order valence-corrected chi connectivity index (χ3v) is 8.36. The third-order valence-electron chi connectivity index (χ3n) is 5.07. The van der Waals surface area contributed by atoms with Gasteiger partial charge in [0.05, 0.1) is 55.8 Å². The number of carbonyl (C=O) groups excluding carboxylic acids is 1. The van der Waals surface area contributed by atoms with E-state index in [2.05, 4.69) is 15.2 Å². The molecule has 11 heteroatoms. The average Bonchev–Trinajstić information content (AvgIpc) is 3.41. The number of anilines is 4.